The third-order valence-electron chi connectivity index (χ3n) is 9.85. The smallest absolute Gasteiger partial charge is 0.407 e. The van der Waals surface area contributed by atoms with Crippen LogP contribution in [0.15, 0.2) is 109 Å². The molecule has 61 heavy (non-hydrogen) atoms. The monoisotopic (exact) mass is 831 g/mol. The molecule has 1 heterocycles. The number of carbonyl (C=O) groups excluding carboxylic acids is 5. The zero-order chi connectivity index (χ0) is 43.8. The van der Waals surface area contributed by atoms with Gasteiger partial charge in [-0.3, -0.25) is 24.2 Å². The van der Waals surface area contributed by atoms with Crippen LogP contribution >= 0.6 is 0 Å². The molecule has 0 aliphatic heterocycles. The lowest BCUT2D eigenvalue weighted by atomic mass is 9.98. The van der Waals surface area contributed by atoms with Gasteiger partial charge in [0.25, 0.3) is 0 Å². The number of benzene rings is 3. The lowest BCUT2D eigenvalue weighted by Crippen LogP contribution is -2.56. The molecule has 1 aromatic heterocycles. The third-order valence-corrected chi connectivity index (χ3v) is 9.85. The Labute approximate surface area is 355 Å². The van der Waals surface area contributed by atoms with Gasteiger partial charge in [-0.25, -0.2) is 9.59 Å². The first-order valence-corrected chi connectivity index (χ1v) is 20.3. The van der Waals surface area contributed by atoms with E-state index in [1.807, 2.05) is 60.7 Å². The Bertz CT molecular complexity index is 2130. The number of nitrogens with one attached hydrogen (secondary N) is 4. The highest BCUT2D eigenvalue weighted by Gasteiger charge is 2.33. The van der Waals surface area contributed by atoms with Gasteiger partial charge >= 0.3 is 18.0 Å². The molecule has 5 rings (SSSR count). The van der Waals surface area contributed by atoms with Crippen molar-refractivity contribution in [3.63, 3.8) is 0 Å². The van der Waals surface area contributed by atoms with Gasteiger partial charge in [0, 0.05) is 43.8 Å². The fraction of sp³-hybridized carbons (Fsp3) is 0.340. The molecule has 3 atom stereocenters. The summed E-state index contributed by atoms with van der Waals surface area (Å²) in [5, 5.41) is 20.3. The minimum atomic E-state index is -1.40. The van der Waals surface area contributed by atoms with Gasteiger partial charge in [0.05, 0.1) is 0 Å². The Balaban J connectivity index is 1.28. The topological polar surface area (TPSA) is 202 Å². The van der Waals surface area contributed by atoms with Crippen LogP contribution in [0.5, 0.6) is 0 Å². The van der Waals surface area contributed by atoms with Gasteiger partial charge in [-0.05, 0) is 92.0 Å². The fourth-order valence-electron chi connectivity index (χ4n) is 6.94. The molecule has 4 aromatic rings. The standard InChI is InChI=1S/C47H53N5O9/c1-47(2,3)61-45(58)40(28-31-14-5-4-6-15-31)51-44(57)39(23-25-42(54)55)50-43(56)38(21-11-12-27-49-41(53)24-22-32-16-13-26-48-29-32)52-46(59)60-30-37-35-19-9-7-17-33(35)34-18-8-10-20-36(34)37/h4-10,13-20,22,24,26,29,37-40H,11-12,21,23,25,27-28,30H2,1-3H3,(H,49,53)(H,50,56)(H,51,57)(H,52,59)(H,54,55)/b24-22+/t38-,39-,40-/m0/s1. The van der Waals surface area contributed by atoms with Crippen LogP contribution in [0.1, 0.15) is 81.0 Å². The lowest BCUT2D eigenvalue weighted by Gasteiger charge is -2.27. The summed E-state index contributed by atoms with van der Waals surface area (Å²) in [6.07, 6.45) is 5.57. The second-order valence-corrected chi connectivity index (χ2v) is 15.7. The van der Waals surface area contributed by atoms with Crippen LogP contribution in [0.4, 0.5) is 4.79 Å². The molecular formula is C47H53N5O9. The number of ether oxygens (including phenoxy) is 2. The maximum atomic E-state index is 14.0. The summed E-state index contributed by atoms with van der Waals surface area (Å²) < 4.78 is 11.3. The van der Waals surface area contributed by atoms with E-state index < -0.39 is 60.0 Å². The normalized spacial score (nSPS) is 13.5. The molecule has 14 heteroatoms. The molecule has 0 radical (unpaired) electrons. The van der Waals surface area contributed by atoms with Gasteiger partial charge < -0.3 is 35.8 Å². The molecule has 320 valence electrons. The van der Waals surface area contributed by atoms with Gasteiger partial charge in [-0.1, -0.05) is 84.9 Å². The van der Waals surface area contributed by atoms with Crippen LogP contribution in [-0.4, -0.2) is 82.7 Å². The lowest BCUT2D eigenvalue weighted by molar-refractivity contribution is -0.158. The largest absolute Gasteiger partial charge is 0.481 e. The predicted octanol–water partition coefficient (Wildman–Crippen LogP) is 5.71. The molecule has 0 fully saturated rings. The fourth-order valence-corrected chi connectivity index (χ4v) is 6.94. The van der Waals surface area contributed by atoms with Crippen molar-refractivity contribution < 1.29 is 43.3 Å². The van der Waals surface area contributed by atoms with Crippen molar-refractivity contribution in [1.82, 2.24) is 26.3 Å². The van der Waals surface area contributed by atoms with E-state index >= 15 is 0 Å². The molecule has 1 aliphatic carbocycles. The molecule has 0 bridgehead atoms. The van der Waals surface area contributed by atoms with Crippen molar-refractivity contribution in [2.45, 2.75) is 88.9 Å². The number of carbonyl (C=O) groups is 6. The van der Waals surface area contributed by atoms with E-state index in [4.69, 9.17) is 9.47 Å². The van der Waals surface area contributed by atoms with E-state index in [0.29, 0.717) is 12.8 Å². The number of carboxylic acids is 1. The van der Waals surface area contributed by atoms with Crippen molar-refractivity contribution in [3.8, 4) is 11.1 Å². The number of rotatable bonds is 20. The molecule has 4 amide bonds. The highest BCUT2D eigenvalue weighted by Crippen LogP contribution is 2.44. The number of carboxylic acid groups (broad SMARTS) is 1. The molecule has 3 aromatic carbocycles. The zero-order valence-corrected chi connectivity index (χ0v) is 34.6. The Morgan fingerprint density at radius 2 is 1.38 bits per heavy atom. The minimum Gasteiger partial charge on any atom is -0.481 e. The van der Waals surface area contributed by atoms with E-state index in [1.54, 1.807) is 69.6 Å². The second-order valence-electron chi connectivity index (χ2n) is 15.7. The highest BCUT2D eigenvalue weighted by atomic mass is 16.6. The summed E-state index contributed by atoms with van der Waals surface area (Å²) in [4.78, 5) is 82.8. The van der Waals surface area contributed by atoms with Gasteiger partial charge in [0.2, 0.25) is 17.7 Å². The average Bonchev–Trinajstić information content (AvgIpc) is 3.56. The van der Waals surface area contributed by atoms with E-state index in [0.717, 1.165) is 33.4 Å². The first-order chi connectivity index (χ1) is 29.3. The Morgan fingerprint density at radius 1 is 0.754 bits per heavy atom. The van der Waals surface area contributed by atoms with Crippen molar-refractivity contribution in [2.24, 2.45) is 0 Å². The van der Waals surface area contributed by atoms with Crippen molar-refractivity contribution in [1.29, 1.82) is 0 Å². The number of fused-ring (bicyclic) bond motifs is 3. The van der Waals surface area contributed by atoms with Crippen molar-refractivity contribution >= 4 is 41.8 Å². The van der Waals surface area contributed by atoms with Crippen LogP contribution in [0.3, 0.4) is 0 Å². The number of aromatic nitrogens is 1. The summed E-state index contributed by atoms with van der Waals surface area (Å²) in [6, 6.07) is 24.5. The van der Waals surface area contributed by atoms with Crippen molar-refractivity contribution in [2.75, 3.05) is 13.2 Å². The minimum absolute atomic E-state index is 0.0100. The summed E-state index contributed by atoms with van der Waals surface area (Å²) in [5.74, 6) is -4.03. The summed E-state index contributed by atoms with van der Waals surface area (Å²) >= 11 is 0. The maximum absolute atomic E-state index is 14.0. The maximum Gasteiger partial charge on any atom is 0.407 e. The Hall–Kier alpha value is -6.83. The van der Waals surface area contributed by atoms with E-state index in [2.05, 4.69) is 26.3 Å². The molecule has 0 spiro atoms. The molecule has 0 unspecified atom stereocenters. The van der Waals surface area contributed by atoms with E-state index in [-0.39, 0.29) is 44.2 Å². The Kier molecular flexibility index (Phi) is 16.3. The second kappa shape index (κ2) is 22.0. The average molecular weight is 832 g/mol. The number of nitrogens with zero attached hydrogens (tertiary/aromatic N) is 1. The SMILES string of the molecule is CC(C)(C)OC(=O)[C@H](Cc1ccccc1)NC(=O)[C@H](CCC(=O)O)NC(=O)[C@H](CCCCNC(=O)/C=C/c1cccnc1)NC(=O)OCC1c2ccccc2-c2ccccc21. The first-order valence-electron chi connectivity index (χ1n) is 20.3. The molecule has 14 nitrogen and oxygen atoms in total. The number of alkyl carbamates (subject to hydrolysis) is 1. The summed E-state index contributed by atoms with van der Waals surface area (Å²) in [7, 11) is 0. The molecular weight excluding hydrogens is 779 g/mol. The molecule has 1 aliphatic rings. The zero-order valence-electron chi connectivity index (χ0n) is 34.6. The molecule has 0 saturated heterocycles. The quantitative estimate of drug-likeness (QED) is 0.0418. The summed E-state index contributed by atoms with van der Waals surface area (Å²) in [6.45, 7) is 5.35. The van der Waals surface area contributed by atoms with E-state index in [1.165, 1.54) is 6.08 Å². The third kappa shape index (κ3) is 14.2. The number of hydrogen-bond donors (Lipinski definition) is 5. The highest BCUT2D eigenvalue weighted by molar-refractivity contribution is 5.94. The van der Waals surface area contributed by atoms with Crippen LogP contribution in [0.2, 0.25) is 0 Å². The van der Waals surface area contributed by atoms with Crippen LogP contribution < -0.4 is 21.3 Å². The molecule has 5 N–H and O–H groups in total. The first kappa shape index (κ1) is 45.3. The number of esters is 1. The summed E-state index contributed by atoms with van der Waals surface area (Å²) in [5.41, 5.74) is 4.74. The van der Waals surface area contributed by atoms with E-state index in [9.17, 15) is 33.9 Å². The van der Waals surface area contributed by atoms with Crippen molar-refractivity contribution in [3.05, 3.63) is 132 Å². The Morgan fingerprint density at radius 3 is 2.00 bits per heavy atom. The number of aliphatic carboxylic acids is 1. The van der Waals surface area contributed by atoms with Gasteiger partial charge in [0.15, 0.2) is 0 Å². The van der Waals surface area contributed by atoms with Crippen LogP contribution in [-0.2, 0) is 39.9 Å². The van der Waals surface area contributed by atoms with Gasteiger partial charge in [0.1, 0.15) is 30.3 Å². The molecule has 0 saturated carbocycles. The van der Waals surface area contributed by atoms with Gasteiger partial charge in [-0.2, -0.15) is 0 Å². The number of pyridine rings is 1. The number of hydrogen-bond acceptors (Lipinski definition) is 9. The van der Waals surface area contributed by atoms with Crippen LogP contribution in [0, 0.1) is 0 Å². The van der Waals surface area contributed by atoms with Gasteiger partial charge in [-0.15, -0.1) is 0 Å². The van der Waals surface area contributed by atoms with Crippen LogP contribution in [0.25, 0.3) is 17.2 Å². The predicted molar refractivity (Wildman–Crippen MR) is 229 cm³/mol. The number of amides is 4. The number of unbranched alkanes of at least 4 members (excludes halogenated alkanes) is 1.